The molecule has 1 aliphatic heterocycles. The molecule has 5 nitrogen and oxygen atoms in total. The molecule has 0 saturated carbocycles. The number of guanidine groups is 1. The van der Waals surface area contributed by atoms with Crippen molar-refractivity contribution >= 4 is 5.96 Å². The Kier molecular flexibility index (Phi) is 6.43. The van der Waals surface area contributed by atoms with E-state index in [2.05, 4.69) is 41.5 Å². The molecule has 5 heteroatoms. The lowest BCUT2D eigenvalue weighted by atomic mass is 9.88. The van der Waals surface area contributed by atoms with Gasteiger partial charge in [-0.25, -0.2) is 0 Å². The molecule has 106 valence electrons. The number of hydrogen-bond acceptors (Lipinski definition) is 3. The summed E-state index contributed by atoms with van der Waals surface area (Å²) in [5.41, 5.74) is 0.183. The molecule has 18 heavy (non-hydrogen) atoms. The lowest BCUT2D eigenvalue weighted by Crippen LogP contribution is -2.57. The molecule has 0 aromatic heterocycles. The lowest BCUT2D eigenvalue weighted by molar-refractivity contribution is -0.00500. The van der Waals surface area contributed by atoms with Crippen LogP contribution in [0.25, 0.3) is 0 Å². The van der Waals surface area contributed by atoms with Crippen molar-refractivity contribution in [1.82, 2.24) is 15.5 Å². The Morgan fingerprint density at radius 3 is 2.44 bits per heavy atom. The molecule has 2 N–H and O–H groups in total. The Bertz CT molecular complexity index is 260. The second-order valence-electron chi connectivity index (χ2n) is 5.08. The number of likely N-dealkylation sites (N-methyl/N-ethyl adjacent to an activating group) is 1. The molecule has 1 heterocycles. The van der Waals surface area contributed by atoms with Crippen LogP contribution in [0.4, 0.5) is 0 Å². The van der Waals surface area contributed by atoms with E-state index in [9.17, 15) is 0 Å². The highest BCUT2D eigenvalue weighted by atomic mass is 16.5. The normalized spacial score (nSPS) is 19.9. The van der Waals surface area contributed by atoms with Gasteiger partial charge in [0, 0.05) is 38.9 Å². The second-order valence-corrected chi connectivity index (χ2v) is 5.08. The van der Waals surface area contributed by atoms with E-state index in [1.54, 1.807) is 0 Å². The highest BCUT2D eigenvalue weighted by Gasteiger charge is 2.34. The van der Waals surface area contributed by atoms with Gasteiger partial charge in [-0.05, 0) is 33.4 Å². The summed E-state index contributed by atoms with van der Waals surface area (Å²) in [5, 5.41) is 6.74. The second kappa shape index (κ2) is 7.59. The van der Waals surface area contributed by atoms with E-state index in [1.165, 1.54) is 0 Å². The summed E-state index contributed by atoms with van der Waals surface area (Å²) in [6.07, 6.45) is 3.24. The van der Waals surface area contributed by atoms with Crippen LogP contribution in [0.15, 0.2) is 4.99 Å². The third kappa shape index (κ3) is 4.14. The zero-order valence-electron chi connectivity index (χ0n) is 12.3. The summed E-state index contributed by atoms with van der Waals surface area (Å²) in [6, 6.07) is 0. The maximum atomic E-state index is 5.47. The Balaban J connectivity index is 2.51. The molecule has 0 radical (unpaired) electrons. The zero-order chi connectivity index (χ0) is 13.4. The van der Waals surface area contributed by atoms with Gasteiger partial charge < -0.3 is 20.3 Å². The van der Waals surface area contributed by atoms with Crippen LogP contribution in [0, 0.1) is 0 Å². The minimum Gasteiger partial charge on any atom is -0.381 e. The van der Waals surface area contributed by atoms with Gasteiger partial charge in [0.1, 0.15) is 0 Å². The van der Waals surface area contributed by atoms with Crippen molar-refractivity contribution < 1.29 is 4.74 Å². The number of hydrogen-bond donors (Lipinski definition) is 2. The van der Waals surface area contributed by atoms with Crippen LogP contribution in [-0.4, -0.2) is 63.8 Å². The molecule has 0 aromatic carbocycles. The quantitative estimate of drug-likeness (QED) is 0.561. The molecule has 0 amide bonds. The van der Waals surface area contributed by atoms with Gasteiger partial charge in [0.2, 0.25) is 0 Å². The van der Waals surface area contributed by atoms with Crippen LogP contribution in [0.3, 0.4) is 0 Å². The number of nitrogens with zero attached hydrogens (tertiary/aromatic N) is 2. The molecule has 0 atom stereocenters. The minimum atomic E-state index is 0.183. The first-order valence-electron chi connectivity index (χ1n) is 6.84. The smallest absolute Gasteiger partial charge is 0.191 e. The van der Waals surface area contributed by atoms with E-state index in [1.807, 2.05) is 7.05 Å². The van der Waals surface area contributed by atoms with Gasteiger partial charge in [0.05, 0.1) is 0 Å². The van der Waals surface area contributed by atoms with Gasteiger partial charge >= 0.3 is 0 Å². The third-order valence-electron chi connectivity index (χ3n) is 3.72. The average Bonchev–Trinajstić information content (AvgIpc) is 2.40. The van der Waals surface area contributed by atoms with E-state index in [4.69, 9.17) is 4.74 Å². The Labute approximate surface area is 111 Å². The molecule has 1 saturated heterocycles. The first-order valence-corrected chi connectivity index (χ1v) is 6.84. The van der Waals surface area contributed by atoms with Crippen LogP contribution in [-0.2, 0) is 4.74 Å². The fourth-order valence-electron chi connectivity index (χ4n) is 2.25. The molecular formula is C13H28N4O. The van der Waals surface area contributed by atoms with Gasteiger partial charge in [-0.15, -0.1) is 0 Å². The third-order valence-corrected chi connectivity index (χ3v) is 3.72. The predicted molar refractivity (Wildman–Crippen MR) is 76.1 cm³/mol. The molecule has 0 bridgehead atoms. The van der Waals surface area contributed by atoms with Gasteiger partial charge in [-0.2, -0.15) is 0 Å². The highest BCUT2D eigenvalue weighted by Crippen LogP contribution is 2.24. The fourth-order valence-corrected chi connectivity index (χ4v) is 2.25. The first-order chi connectivity index (χ1) is 8.64. The van der Waals surface area contributed by atoms with E-state index in [0.29, 0.717) is 0 Å². The Hall–Kier alpha value is -0.810. The average molecular weight is 256 g/mol. The predicted octanol–water partition coefficient (Wildman–Crippen LogP) is 0.672. The van der Waals surface area contributed by atoms with Crippen molar-refractivity contribution in [2.24, 2.45) is 4.99 Å². The van der Waals surface area contributed by atoms with E-state index < -0.39 is 0 Å². The van der Waals surface area contributed by atoms with Gasteiger partial charge in [-0.1, -0.05) is 6.92 Å². The number of ether oxygens (including phenoxy) is 1. The standard InChI is InChI=1S/C13H28N4O/c1-5-8-15-12(14-2)16-11-13(17(3)4)6-9-18-10-7-13/h5-11H2,1-4H3,(H2,14,15,16). The lowest BCUT2D eigenvalue weighted by Gasteiger charge is -2.43. The topological polar surface area (TPSA) is 48.9 Å². The van der Waals surface area contributed by atoms with Crippen LogP contribution >= 0.6 is 0 Å². The van der Waals surface area contributed by atoms with Gasteiger partial charge in [0.25, 0.3) is 0 Å². The van der Waals surface area contributed by atoms with Crippen molar-refractivity contribution in [2.75, 3.05) is 47.4 Å². The van der Waals surface area contributed by atoms with Crippen LogP contribution in [0.1, 0.15) is 26.2 Å². The number of nitrogens with one attached hydrogen (secondary N) is 2. The van der Waals surface area contributed by atoms with Crippen LogP contribution < -0.4 is 10.6 Å². The van der Waals surface area contributed by atoms with Crippen LogP contribution in [0.5, 0.6) is 0 Å². The van der Waals surface area contributed by atoms with E-state index in [0.717, 1.165) is 51.5 Å². The molecule has 0 unspecified atom stereocenters. The van der Waals surface area contributed by atoms with Crippen molar-refractivity contribution in [3.05, 3.63) is 0 Å². The zero-order valence-corrected chi connectivity index (χ0v) is 12.3. The number of aliphatic imine (C=N–C) groups is 1. The van der Waals surface area contributed by atoms with Crippen molar-refractivity contribution in [2.45, 2.75) is 31.7 Å². The largest absolute Gasteiger partial charge is 0.381 e. The summed E-state index contributed by atoms with van der Waals surface area (Å²) in [5.74, 6) is 0.893. The summed E-state index contributed by atoms with van der Waals surface area (Å²) < 4.78 is 5.47. The monoisotopic (exact) mass is 256 g/mol. The molecule has 1 aliphatic rings. The number of rotatable bonds is 5. The van der Waals surface area contributed by atoms with Crippen molar-refractivity contribution in [1.29, 1.82) is 0 Å². The first kappa shape index (κ1) is 15.2. The SMILES string of the molecule is CCCNC(=NC)NCC1(N(C)C)CCOCC1. The summed E-state index contributed by atoms with van der Waals surface area (Å²) in [7, 11) is 6.11. The molecule has 1 fully saturated rings. The summed E-state index contributed by atoms with van der Waals surface area (Å²) in [4.78, 5) is 6.56. The van der Waals surface area contributed by atoms with Crippen LogP contribution in [0.2, 0.25) is 0 Å². The van der Waals surface area contributed by atoms with Crippen molar-refractivity contribution in [3.8, 4) is 0 Å². The molecular weight excluding hydrogens is 228 g/mol. The summed E-state index contributed by atoms with van der Waals surface area (Å²) in [6.45, 7) is 5.71. The molecule has 1 rings (SSSR count). The minimum absolute atomic E-state index is 0.183. The van der Waals surface area contributed by atoms with Gasteiger partial charge in [0.15, 0.2) is 5.96 Å². The summed E-state index contributed by atoms with van der Waals surface area (Å²) >= 11 is 0. The van der Waals surface area contributed by atoms with E-state index in [-0.39, 0.29) is 5.54 Å². The van der Waals surface area contributed by atoms with E-state index >= 15 is 0 Å². The highest BCUT2D eigenvalue weighted by molar-refractivity contribution is 5.79. The maximum Gasteiger partial charge on any atom is 0.191 e. The van der Waals surface area contributed by atoms with Gasteiger partial charge in [-0.3, -0.25) is 4.99 Å². The Morgan fingerprint density at radius 2 is 1.94 bits per heavy atom. The Morgan fingerprint density at radius 1 is 1.28 bits per heavy atom. The molecule has 0 spiro atoms. The van der Waals surface area contributed by atoms with Crippen molar-refractivity contribution in [3.63, 3.8) is 0 Å². The maximum absolute atomic E-state index is 5.47. The fraction of sp³-hybridized carbons (Fsp3) is 0.923. The molecule has 0 aromatic rings. The molecule has 0 aliphatic carbocycles.